The summed E-state index contributed by atoms with van der Waals surface area (Å²) < 4.78 is 1.58. The van der Waals surface area contributed by atoms with Crippen LogP contribution in [-0.4, -0.2) is 46.2 Å². The van der Waals surface area contributed by atoms with E-state index in [0.717, 1.165) is 17.8 Å². The molecule has 0 radical (unpaired) electrons. The summed E-state index contributed by atoms with van der Waals surface area (Å²) in [6.45, 7) is 1.29. The summed E-state index contributed by atoms with van der Waals surface area (Å²) in [5, 5.41) is 9.86. The van der Waals surface area contributed by atoms with Gasteiger partial charge in [-0.3, -0.25) is 14.2 Å². The molecule has 2 aromatic rings. The Morgan fingerprint density at radius 3 is 3.00 bits per heavy atom. The maximum absolute atomic E-state index is 12.6. The van der Waals surface area contributed by atoms with Crippen LogP contribution in [0, 0.1) is 0 Å². The van der Waals surface area contributed by atoms with Crippen LogP contribution >= 0.6 is 11.3 Å². The van der Waals surface area contributed by atoms with E-state index in [4.69, 9.17) is 0 Å². The molecule has 1 atom stereocenters. The van der Waals surface area contributed by atoms with Crippen LogP contribution in [0.1, 0.15) is 22.8 Å². The number of likely N-dealkylation sites (N-methyl/N-ethyl adjacent to an activating group) is 1. The fourth-order valence-electron chi connectivity index (χ4n) is 2.78. The highest BCUT2D eigenvalue weighted by Crippen LogP contribution is 2.41. The molecular formula is C14H17N3O3S. The van der Waals surface area contributed by atoms with E-state index >= 15 is 0 Å². The molecule has 0 saturated heterocycles. The van der Waals surface area contributed by atoms with Gasteiger partial charge in [0.15, 0.2) is 0 Å². The van der Waals surface area contributed by atoms with Gasteiger partial charge in [-0.25, -0.2) is 4.98 Å². The first-order valence-corrected chi connectivity index (χ1v) is 7.69. The van der Waals surface area contributed by atoms with E-state index in [1.807, 2.05) is 19.0 Å². The molecule has 1 aliphatic rings. The molecule has 1 aliphatic carbocycles. The average molecular weight is 307 g/mol. The van der Waals surface area contributed by atoms with Gasteiger partial charge in [-0.15, -0.1) is 11.3 Å². The third-order valence-corrected chi connectivity index (χ3v) is 5.06. The molecule has 6 nitrogen and oxygen atoms in total. The molecule has 0 spiro atoms. The second-order valence-corrected chi connectivity index (χ2v) is 6.68. The molecule has 0 aromatic carbocycles. The van der Waals surface area contributed by atoms with Crippen molar-refractivity contribution in [3.8, 4) is 0 Å². The Labute approximate surface area is 125 Å². The highest BCUT2D eigenvalue weighted by Gasteiger charge is 2.34. The van der Waals surface area contributed by atoms with Crippen LogP contribution in [0.3, 0.4) is 0 Å². The van der Waals surface area contributed by atoms with Crippen LogP contribution in [0.4, 0.5) is 0 Å². The Kier molecular flexibility index (Phi) is 3.54. The topological polar surface area (TPSA) is 75.4 Å². The smallest absolute Gasteiger partial charge is 0.311 e. The van der Waals surface area contributed by atoms with E-state index in [0.29, 0.717) is 28.7 Å². The van der Waals surface area contributed by atoms with Gasteiger partial charge >= 0.3 is 5.97 Å². The number of carboxylic acid groups (broad SMARTS) is 1. The fourth-order valence-corrected chi connectivity index (χ4v) is 3.99. The zero-order valence-corrected chi connectivity index (χ0v) is 12.8. The molecule has 7 heteroatoms. The SMILES string of the molecule is CN(C)CCn1cnc2sc3c(c2c1=O)C(C(=O)O)CC3. The van der Waals surface area contributed by atoms with Crippen molar-refractivity contribution in [2.75, 3.05) is 20.6 Å². The summed E-state index contributed by atoms with van der Waals surface area (Å²) in [7, 11) is 3.89. The number of nitrogens with zero attached hydrogens (tertiary/aromatic N) is 3. The summed E-state index contributed by atoms with van der Waals surface area (Å²) in [6, 6.07) is 0. The van der Waals surface area contributed by atoms with Crippen molar-refractivity contribution in [2.45, 2.75) is 25.3 Å². The first kappa shape index (κ1) is 14.2. The molecule has 1 N–H and O–H groups in total. The number of carboxylic acids is 1. The van der Waals surface area contributed by atoms with Gasteiger partial charge in [-0.2, -0.15) is 0 Å². The number of aryl methyl sites for hydroxylation is 1. The lowest BCUT2D eigenvalue weighted by molar-refractivity contribution is -0.138. The van der Waals surface area contributed by atoms with Crippen molar-refractivity contribution >= 4 is 27.5 Å². The standard InChI is InChI=1S/C14H17N3O3S/c1-16(2)5-6-17-7-15-12-11(13(17)18)10-8(14(19)20)3-4-9(10)21-12/h7-8H,3-6H2,1-2H3,(H,19,20). The van der Waals surface area contributed by atoms with Gasteiger partial charge < -0.3 is 10.0 Å². The van der Waals surface area contributed by atoms with Crippen molar-refractivity contribution in [3.63, 3.8) is 0 Å². The molecule has 1 unspecified atom stereocenters. The van der Waals surface area contributed by atoms with Crippen molar-refractivity contribution in [3.05, 3.63) is 27.1 Å². The maximum Gasteiger partial charge on any atom is 0.311 e. The van der Waals surface area contributed by atoms with Crippen molar-refractivity contribution in [2.24, 2.45) is 0 Å². The lowest BCUT2D eigenvalue weighted by atomic mass is 10.0. The molecule has 21 heavy (non-hydrogen) atoms. The van der Waals surface area contributed by atoms with Crippen molar-refractivity contribution < 1.29 is 9.90 Å². The van der Waals surface area contributed by atoms with Crippen LogP contribution < -0.4 is 5.56 Å². The summed E-state index contributed by atoms with van der Waals surface area (Å²) in [6.07, 6.45) is 2.87. The zero-order chi connectivity index (χ0) is 15.1. The van der Waals surface area contributed by atoms with Crippen LogP contribution in [0.15, 0.2) is 11.1 Å². The van der Waals surface area contributed by atoms with Gasteiger partial charge in [0.05, 0.1) is 17.6 Å². The number of aliphatic carboxylic acids is 1. The second-order valence-electron chi connectivity index (χ2n) is 5.59. The van der Waals surface area contributed by atoms with Gasteiger partial charge in [0.25, 0.3) is 5.56 Å². The van der Waals surface area contributed by atoms with Gasteiger partial charge in [0, 0.05) is 18.0 Å². The molecule has 2 heterocycles. The van der Waals surface area contributed by atoms with Gasteiger partial charge in [-0.1, -0.05) is 0 Å². The quantitative estimate of drug-likeness (QED) is 0.916. The monoisotopic (exact) mass is 307 g/mol. The normalized spacial score (nSPS) is 17.6. The van der Waals surface area contributed by atoms with Crippen LogP contribution in [0.25, 0.3) is 10.2 Å². The predicted molar refractivity (Wildman–Crippen MR) is 81.1 cm³/mol. The number of fused-ring (bicyclic) bond motifs is 3. The van der Waals surface area contributed by atoms with E-state index in [2.05, 4.69) is 4.98 Å². The number of thiophene rings is 1. The highest BCUT2D eigenvalue weighted by molar-refractivity contribution is 7.18. The van der Waals surface area contributed by atoms with Crippen LogP contribution in [-0.2, 0) is 17.8 Å². The molecule has 2 aromatic heterocycles. The minimum atomic E-state index is -0.850. The molecular weight excluding hydrogens is 290 g/mol. The van der Waals surface area contributed by atoms with Gasteiger partial charge in [-0.05, 0) is 32.5 Å². The number of carbonyl (C=O) groups is 1. The van der Waals surface area contributed by atoms with E-state index in [1.54, 1.807) is 10.9 Å². The zero-order valence-electron chi connectivity index (χ0n) is 12.0. The Bertz CT molecular complexity index is 763. The molecule has 3 rings (SSSR count). The number of aromatic nitrogens is 2. The average Bonchev–Trinajstić information content (AvgIpc) is 2.95. The molecule has 0 fully saturated rings. The van der Waals surface area contributed by atoms with Crippen LogP contribution in [0.2, 0.25) is 0 Å². The highest BCUT2D eigenvalue weighted by atomic mass is 32.1. The fraction of sp³-hybridized carbons (Fsp3) is 0.500. The first-order chi connectivity index (χ1) is 9.99. The lowest BCUT2D eigenvalue weighted by Gasteiger charge is -2.11. The summed E-state index contributed by atoms with van der Waals surface area (Å²) in [5.74, 6) is -1.41. The first-order valence-electron chi connectivity index (χ1n) is 6.87. The van der Waals surface area contributed by atoms with Crippen molar-refractivity contribution in [1.82, 2.24) is 14.5 Å². The van der Waals surface area contributed by atoms with E-state index in [-0.39, 0.29) is 5.56 Å². The van der Waals surface area contributed by atoms with Crippen LogP contribution in [0.5, 0.6) is 0 Å². The summed E-state index contributed by atoms with van der Waals surface area (Å²) in [5.41, 5.74) is 0.590. The number of hydrogen-bond donors (Lipinski definition) is 1. The summed E-state index contributed by atoms with van der Waals surface area (Å²) >= 11 is 1.46. The predicted octanol–water partition coefficient (Wildman–Crippen LogP) is 1.13. The molecule has 112 valence electrons. The molecule has 0 bridgehead atoms. The largest absolute Gasteiger partial charge is 0.481 e. The summed E-state index contributed by atoms with van der Waals surface area (Å²) in [4.78, 5) is 32.0. The number of hydrogen-bond acceptors (Lipinski definition) is 5. The molecule has 0 amide bonds. The van der Waals surface area contributed by atoms with E-state index in [1.165, 1.54) is 11.3 Å². The van der Waals surface area contributed by atoms with Gasteiger partial charge in [0.2, 0.25) is 0 Å². The molecule has 0 aliphatic heterocycles. The Balaban J connectivity index is 2.12. The van der Waals surface area contributed by atoms with E-state index in [9.17, 15) is 14.7 Å². The Hall–Kier alpha value is -1.73. The minimum absolute atomic E-state index is 0.118. The number of rotatable bonds is 4. The Morgan fingerprint density at radius 1 is 1.57 bits per heavy atom. The second kappa shape index (κ2) is 5.23. The lowest BCUT2D eigenvalue weighted by Crippen LogP contribution is -2.27. The third-order valence-electron chi connectivity index (χ3n) is 3.89. The minimum Gasteiger partial charge on any atom is -0.481 e. The molecule has 0 saturated carbocycles. The van der Waals surface area contributed by atoms with E-state index < -0.39 is 11.9 Å². The maximum atomic E-state index is 12.6. The third kappa shape index (κ3) is 2.36. The van der Waals surface area contributed by atoms with Gasteiger partial charge in [0.1, 0.15) is 4.83 Å². The van der Waals surface area contributed by atoms with Crippen molar-refractivity contribution in [1.29, 1.82) is 0 Å². The Morgan fingerprint density at radius 2 is 2.33 bits per heavy atom.